The van der Waals surface area contributed by atoms with E-state index in [2.05, 4.69) is 5.32 Å². The molecule has 0 bridgehead atoms. The number of amides is 2. The van der Waals surface area contributed by atoms with Crippen LogP contribution in [0, 0.1) is 11.3 Å². The van der Waals surface area contributed by atoms with Crippen LogP contribution >= 0.6 is 0 Å². The Morgan fingerprint density at radius 1 is 1.33 bits per heavy atom. The second-order valence-corrected chi connectivity index (χ2v) is 6.30. The first-order valence-electron chi connectivity index (χ1n) is 8.42. The van der Waals surface area contributed by atoms with Gasteiger partial charge in [0.2, 0.25) is 5.91 Å². The largest absolute Gasteiger partial charge is 0.386 e. The van der Waals surface area contributed by atoms with Crippen molar-refractivity contribution in [3.05, 3.63) is 65.2 Å². The zero-order valence-electron chi connectivity index (χ0n) is 14.8. The van der Waals surface area contributed by atoms with E-state index in [1.807, 2.05) is 6.07 Å². The van der Waals surface area contributed by atoms with Gasteiger partial charge in [0.25, 0.3) is 5.91 Å². The van der Waals surface area contributed by atoms with E-state index < -0.39 is 12.1 Å². The normalized spacial score (nSPS) is 17.9. The van der Waals surface area contributed by atoms with E-state index in [0.717, 1.165) is 0 Å². The van der Waals surface area contributed by atoms with Crippen molar-refractivity contribution < 1.29 is 19.4 Å². The molecule has 2 aromatic rings. The molecule has 0 aliphatic carbocycles. The predicted octanol–water partition coefficient (Wildman–Crippen LogP) is 1.70. The molecular formula is C20H19N3O4. The molecule has 7 heteroatoms. The van der Waals surface area contributed by atoms with Gasteiger partial charge >= 0.3 is 0 Å². The maximum atomic E-state index is 12.3. The average Bonchev–Trinajstić information content (AvgIpc) is 2.70. The lowest BCUT2D eigenvalue weighted by Crippen LogP contribution is -2.49. The molecule has 1 heterocycles. The van der Waals surface area contributed by atoms with Crippen LogP contribution in [0.4, 0.5) is 5.69 Å². The molecule has 0 aromatic heterocycles. The van der Waals surface area contributed by atoms with Gasteiger partial charge in [-0.3, -0.25) is 9.59 Å². The van der Waals surface area contributed by atoms with Gasteiger partial charge in [-0.25, -0.2) is 0 Å². The minimum atomic E-state index is -0.892. The molecule has 138 valence electrons. The zero-order chi connectivity index (χ0) is 19.4. The first-order valence-corrected chi connectivity index (χ1v) is 8.42. The third-order valence-corrected chi connectivity index (χ3v) is 4.53. The molecule has 1 saturated heterocycles. The number of hydrogen-bond donors (Lipinski definition) is 2. The number of aliphatic hydroxyl groups is 1. The van der Waals surface area contributed by atoms with Crippen molar-refractivity contribution in [1.29, 1.82) is 5.26 Å². The third-order valence-electron chi connectivity index (χ3n) is 4.53. The van der Waals surface area contributed by atoms with E-state index in [0.29, 0.717) is 22.4 Å². The Morgan fingerprint density at radius 2 is 2.07 bits per heavy atom. The molecule has 27 heavy (non-hydrogen) atoms. The molecular weight excluding hydrogens is 346 g/mol. The number of rotatable bonds is 4. The topological polar surface area (TPSA) is 103 Å². The summed E-state index contributed by atoms with van der Waals surface area (Å²) in [5.74, 6) is -0.500. The summed E-state index contributed by atoms with van der Waals surface area (Å²) >= 11 is 0. The maximum Gasteiger partial charge on any atom is 0.255 e. The Bertz CT molecular complexity index is 889. The van der Waals surface area contributed by atoms with E-state index in [4.69, 9.17) is 10.00 Å². The van der Waals surface area contributed by atoms with Gasteiger partial charge in [-0.05, 0) is 35.9 Å². The van der Waals surface area contributed by atoms with Crippen molar-refractivity contribution in [1.82, 2.24) is 4.90 Å². The van der Waals surface area contributed by atoms with Crippen LogP contribution in [-0.2, 0) is 9.53 Å². The Hall–Kier alpha value is -3.21. The SMILES string of the molecule is CN1C(=O)COCC1C(O)c1ccc(NC(=O)c2cccc(C#N)c2)cc1. The van der Waals surface area contributed by atoms with Gasteiger partial charge in [0, 0.05) is 18.3 Å². The number of nitrogens with one attached hydrogen (secondary N) is 1. The van der Waals surface area contributed by atoms with Crippen LogP contribution in [-0.4, -0.2) is 48.1 Å². The van der Waals surface area contributed by atoms with E-state index in [1.165, 1.54) is 11.0 Å². The number of carbonyl (C=O) groups is 2. The number of nitriles is 1. The van der Waals surface area contributed by atoms with Crippen LogP contribution in [0.3, 0.4) is 0 Å². The number of benzene rings is 2. The summed E-state index contributed by atoms with van der Waals surface area (Å²) in [7, 11) is 1.64. The molecule has 7 nitrogen and oxygen atoms in total. The van der Waals surface area contributed by atoms with Crippen molar-refractivity contribution in [2.45, 2.75) is 12.1 Å². The lowest BCUT2D eigenvalue weighted by atomic mass is 10.0. The monoisotopic (exact) mass is 365 g/mol. The number of nitrogens with zero attached hydrogens (tertiary/aromatic N) is 2. The number of ether oxygens (including phenoxy) is 1. The first-order chi connectivity index (χ1) is 13.0. The Kier molecular flexibility index (Phi) is 5.50. The summed E-state index contributed by atoms with van der Waals surface area (Å²) in [6, 6.07) is 14.7. The maximum absolute atomic E-state index is 12.3. The highest BCUT2D eigenvalue weighted by molar-refractivity contribution is 6.04. The minimum Gasteiger partial charge on any atom is -0.386 e. The minimum absolute atomic E-state index is 0.0255. The molecule has 2 N–H and O–H groups in total. The summed E-state index contributed by atoms with van der Waals surface area (Å²) in [6.45, 7) is 0.287. The van der Waals surface area contributed by atoms with Gasteiger partial charge in [0.05, 0.1) is 24.3 Å². The second-order valence-electron chi connectivity index (χ2n) is 6.30. The van der Waals surface area contributed by atoms with E-state index in [9.17, 15) is 14.7 Å². The zero-order valence-corrected chi connectivity index (χ0v) is 14.8. The number of anilines is 1. The van der Waals surface area contributed by atoms with Gasteiger partial charge in [-0.2, -0.15) is 5.26 Å². The number of aliphatic hydroxyl groups excluding tert-OH is 1. The highest BCUT2D eigenvalue weighted by atomic mass is 16.5. The molecule has 2 unspecified atom stereocenters. The summed E-state index contributed by atoms with van der Waals surface area (Å²) < 4.78 is 5.22. The molecule has 0 spiro atoms. The van der Waals surface area contributed by atoms with E-state index in [-0.39, 0.29) is 25.0 Å². The molecule has 2 aromatic carbocycles. The van der Waals surface area contributed by atoms with Crippen LogP contribution in [0.1, 0.15) is 27.6 Å². The number of hydrogen-bond acceptors (Lipinski definition) is 5. The highest BCUT2D eigenvalue weighted by Crippen LogP contribution is 2.24. The summed E-state index contributed by atoms with van der Waals surface area (Å²) in [6.07, 6.45) is -0.892. The highest BCUT2D eigenvalue weighted by Gasteiger charge is 2.32. The number of morpholine rings is 1. The number of carbonyl (C=O) groups excluding carboxylic acids is 2. The molecule has 1 aliphatic heterocycles. The van der Waals surface area contributed by atoms with Gasteiger partial charge in [-0.1, -0.05) is 18.2 Å². The van der Waals surface area contributed by atoms with Crippen molar-refractivity contribution in [2.75, 3.05) is 25.6 Å². The van der Waals surface area contributed by atoms with Crippen molar-refractivity contribution in [3.63, 3.8) is 0 Å². The van der Waals surface area contributed by atoms with Crippen LogP contribution in [0.25, 0.3) is 0 Å². The lowest BCUT2D eigenvalue weighted by molar-refractivity contribution is -0.151. The number of likely N-dealkylation sites (N-methyl/N-ethyl adjacent to an activating group) is 1. The molecule has 1 fully saturated rings. The lowest BCUT2D eigenvalue weighted by Gasteiger charge is -2.35. The Morgan fingerprint density at radius 3 is 2.78 bits per heavy atom. The summed E-state index contributed by atoms with van der Waals surface area (Å²) in [4.78, 5) is 25.5. The van der Waals surface area contributed by atoms with E-state index in [1.54, 1.807) is 49.5 Å². The van der Waals surface area contributed by atoms with Crippen LogP contribution in [0.2, 0.25) is 0 Å². The van der Waals surface area contributed by atoms with Crippen LogP contribution in [0.15, 0.2) is 48.5 Å². The molecule has 1 aliphatic rings. The fourth-order valence-corrected chi connectivity index (χ4v) is 2.89. The van der Waals surface area contributed by atoms with Gasteiger partial charge in [-0.15, -0.1) is 0 Å². The van der Waals surface area contributed by atoms with Crippen molar-refractivity contribution in [3.8, 4) is 6.07 Å². The van der Waals surface area contributed by atoms with Gasteiger partial charge in [0.1, 0.15) is 12.7 Å². The standard InChI is InChI=1S/C20H19N3O4/c1-23-17(11-27-12-18(23)24)19(25)14-5-7-16(8-6-14)22-20(26)15-4-2-3-13(9-15)10-21/h2-9,17,19,25H,11-12H2,1H3,(H,22,26). The smallest absolute Gasteiger partial charge is 0.255 e. The molecule has 3 rings (SSSR count). The second kappa shape index (κ2) is 7.99. The Balaban J connectivity index is 1.69. The van der Waals surface area contributed by atoms with Crippen LogP contribution in [0.5, 0.6) is 0 Å². The van der Waals surface area contributed by atoms with Gasteiger partial charge < -0.3 is 20.1 Å². The van der Waals surface area contributed by atoms with Crippen LogP contribution < -0.4 is 5.32 Å². The fraction of sp³-hybridized carbons (Fsp3) is 0.250. The van der Waals surface area contributed by atoms with Crippen molar-refractivity contribution in [2.24, 2.45) is 0 Å². The summed E-state index contributed by atoms with van der Waals surface area (Å²) in [5, 5.41) is 22.2. The molecule has 2 atom stereocenters. The van der Waals surface area contributed by atoms with Crippen molar-refractivity contribution >= 4 is 17.5 Å². The quantitative estimate of drug-likeness (QED) is 0.858. The van der Waals surface area contributed by atoms with E-state index >= 15 is 0 Å². The average molecular weight is 365 g/mol. The Labute approximate surface area is 156 Å². The third kappa shape index (κ3) is 4.14. The predicted molar refractivity (Wildman–Crippen MR) is 97.9 cm³/mol. The molecule has 0 saturated carbocycles. The molecule has 0 radical (unpaired) electrons. The fourth-order valence-electron chi connectivity index (χ4n) is 2.89. The van der Waals surface area contributed by atoms with Gasteiger partial charge in [0.15, 0.2) is 0 Å². The summed E-state index contributed by atoms with van der Waals surface area (Å²) in [5.41, 5.74) is 1.98. The molecule has 2 amide bonds. The first kappa shape index (κ1) is 18.6.